The average molecular weight is 333 g/mol. The average Bonchev–Trinajstić information content (AvgIpc) is 3.15. The SMILES string of the molecule is CN=C(NCc1ccc(C#N)cc1)NC1CCN(c2ccccc2)C1. The van der Waals surface area contributed by atoms with E-state index in [1.165, 1.54) is 5.69 Å². The van der Waals surface area contributed by atoms with E-state index in [2.05, 4.69) is 50.9 Å². The number of para-hydroxylation sites is 1. The molecule has 2 aromatic carbocycles. The molecule has 5 heteroatoms. The largest absolute Gasteiger partial charge is 0.369 e. The van der Waals surface area contributed by atoms with Crippen molar-refractivity contribution < 1.29 is 0 Å². The minimum atomic E-state index is 0.382. The summed E-state index contributed by atoms with van der Waals surface area (Å²) < 4.78 is 0. The molecule has 1 atom stereocenters. The predicted octanol–water partition coefficient (Wildman–Crippen LogP) is 2.50. The third-order valence-electron chi connectivity index (χ3n) is 4.42. The van der Waals surface area contributed by atoms with Gasteiger partial charge < -0.3 is 15.5 Å². The molecule has 0 aliphatic carbocycles. The van der Waals surface area contributed by atoms with Crippen molar-refractivity contribution in [1.29, 1.82) is 5.26 Å². The van der Waals surface area contributed by atoms with Crippen molar-refractivity contribution in [2.24, 2.45) is 4.99 Å². The van der Waals surface area contributed by atoms with E-state index in [-0.39, 0.29) is 0 Å². The van der Waals surface area contributed by atoms with Crippen LogP contribution in [-0.4, -0.2) is 32.1 Å². The van der Waals surface area contributed by atoms with Gasteiger partial charge in [-0.05, 0) is 36.2 Å². The first-order chi connectivity index (χ1) is 12.3. The molecule has 128 valence electrons. The lowest BCUT2D eigenvalue weighted by Gasteiger charge is -2.20. The molecule has 5 nitrogen and oxygen atoms in total. The van der Waals surface area contributed by atoms with Crippen LogP contribution in [0.4, 0.5) is 5.69 Å². The number of benzene rings is 2. The van der Waals surface area contributed by atoms with Crippen molar-refractivity contribution in [3.05, 3.63) is 65.7 Å². The van der Waals surface area contributed by atoms with Crippen LogP contribution < -0.4 is 15.5 Å². The zero-order valence-corrected chi connectivity index (χ0v) is 14.4. The van der Waals surface area contributed by atoms with Gasteiger partial charge in [-0.15, -0.1) is 0 Å². The fourth-order valence-electron chi connectivity index (χ4n) is 3.02. The monoisotopic (exact) mass is 333 g/mol. The number of aliphatic imine (C=N–C) groups is 1. The minimum Gasteiger partial charge on any atom is -0.369 e. The maximum Gasteiger partial charge on any atom is 0.191 e. The highest BCUT2D eigenvalue weighted by atomic mass is 15.2. The Kier molecular flexibility index (Phi) is 5.53. The lowest BCUT2D eigenvalue weighted by Crippen LogP contribution is -2.44. The first-order valence-corrected chi connectivity index (χ1v) is 8.54. The predicted molar refractivity (Wildman–Crippen MR) is 102 cm³/mol. The van der Waals surface area contributed by atoms with Crippen LogP contribution in [0, 0.1) is 11.3 Å². The van der Waals surface area contributed by atoms with Gasteiger partial charge in [-0.3, -0.25) is 4.99 Å². The fourth-order valence-corrected chi connectivity index (χ4v) is 3.02. The van der Waals surface area contributed by atoms with Crippen LogP contribution in [-0.2, 0) is 6.54 Å². The summed E-state index contributed by atoms with van der Waals surface area (Å²) in [4.78, 5) is 6.72. The summed E-state index contributed by atoms with van der Waals surface area (Å²) in [5, 5.41) is 15.7. The van der Waals surface area contributed by atoms with Gasteiger partial charge in [0.15, 0.2) is 5.96 Å². The summed E-state index contributed by atoms with van der Waals surface area (Å²) in [6.07, 6.45) is 1.09. The van der Waals surface area contributed by atoms with E-state index in [0.717, 1.165) is 31.0 Å². The number of hydrogen-bond acceptors (Lipinski definition) is 3. The highest BCUT2D eigenvalue weighted by Crippen LogP contribution is 2.19. The van der Waals surface area contributed by atoms with E-state index < -0.39 is 0 Å². The standard InChI is InChI=1S/C20H23N5/c1-22-20(23-14-17-9-7-16(13-21)8-10-17)24-18-11-12-25(15-18)19-5-3-2-4-6-19/h2-10,18H,11-12,14-15H2,1H3,(H2,22,23,24). The van der Waals surface area contributed by atoms with Crippen LogP contribution in [0.2, 0.25) is 0 Å². The Morgan fingerprint density at radius 1 is 1.20 bits per heavy atom. The molecule has 1 aliphatic rings. The molecule has 0 saturated carbocycles. The smallest absolute Gasteiger partial charge is 0.191 e. The number of anilines is 1. The van der Waals surface area contributed by atoms with Crippen molar-refractivity contribution in [2.75, 3.05) is 25.0 Å². The molecule has 25 heavy (non-hydrogen) atoms. The molecule has 2 N–H and O–H groups in total. The second kappa shape index (κ2) is 8.20. The number of nitrogens with zero attached hydrogens (tertiary/aromatic N) is 3. The molecule has 2 aromatic rings. The molecule has 1 saturated heterocycles. The van der Waals surface area contributed by atoms with E-state index in [1.54, 1.807) is 7.05 Å². The molecule has 3 rings (SSSR count). The third kappa shape index (κ3) is 4.51. The first-order valence-electron chi connectivity index (χ1n) is 8.54. The Balaban J connectivity index is 1.50. The lowest BCUT2D eigenvalue weighted by atomic mass is 10.1. The quantitative estimate of drug-likeness (QED) is 0.666. The van der Waals surface area contributed by atoms with E-state index in [0.29, 0.717) is 18.2 Å². The molecule has 0 amide bonds. The maximum absolute atomic E-state index is 8.85. The van der Waals surface area contributed by atoms with Gasteiger partial charge >= 0.3 is 0 Å². The van der Waals surface area contributed by atoms with Gasteiger partial charge in [-0.1, -0.05) is 30.3 Å². The summed E-state index contributed by atoms with van der Waals surface area (Å²) in [6, 6.07) is 20.6. The van der Waals surface area contributed by atoms with Gasteiger partial charge in [0.2, 0.25) is 0 Å². The van der Waals surface area contributed by atoms with Crippen LogP contribution in [0.5, 0.6) is 0 Å². The Labute approximate surface area is 149 Å². The van der Waals surface area contributed by atoms with Crippen molar-refractivity contribution in [2.45, 2.75) is 19.0 Å². The van der Waals surface area contributed by atoms with Gasteiger partial charge in [-0.25, -0.2) is 0 Å². The second-order valence-electron chi connectivity index (χ2n) is 6.15. The second-order valence-corrected chi connectivity index (χ2v) is 6.15. The summed E-state index contributed by atoms with van der Waals surface area (Å²) in [5.41, 5.74) is 3.07. The summed E-state index contributed by atoms with van der Waals surface area (Å²) in [5.74, 6) is 0.810. The molecule has 0 aromatic heterocycles. The zero-order valence-electron chi connectivity index (χ0n) is 14.4. The van der Waals surface area contributed by atoms with Crippen LogP contribution in [0.25, 0.3) is 0 Å². The zero-order chi connectivity index (χ0) is 17.5. The number of guanidine groups is 1. The first kappa shape index (κ1) is 16.8. The Morgan fingerprint density at radius 2 is 1.96 bits per heavy atom. The van der Waals surface area contributed by atoms with Gasteiger partial charge in [0.25, 0.3) is 0 Å². The number of nitrogens with one attached hydrogen (secondary N) is 2. The molecule has 0 spiro atoms. The van der Waals surface area contributed by atoms with E-state index >= 15 is 0 Å². The number of rotatable bonds is 4. The van der Waals surface area contributed by atoms with Gasteiger partial charge in [0.1, 0.15) is 0 Å². The molecule has 1 unspecified atom stereocenters. The van der Waals surface area contributed by atoms with Crippen LogP contribution in [0.3, 0.4) is 0 Å². The Morgan fingerprint density at radius 3 is 2.64 bits per heavy atom. The molecule has 0 bridgehead atoms. The summed E-state index contributed by atoms with van der Waals surface area (Å²) in [6.45, 7) is 2.70. The summed E-state index contributed by atoms with van der Waals surface area (Å²) >= 11 is 0. The third-order valence-corrected chi connectivity index (χ3v) is 4.42. The van der Waals surface area contributed by atoms with Gasteiger partial charge in [0.05, 0.1) is 11.6 Å². The molecular weight excluding hydrogens is 310 g/mol. The van der Waals surface area contributed by atoms with Crippen molar-refractivity contribution >= 4 is 11.6 Å². The van der Waals surface area contributed by atoms with E-state index in [4.69, 9.17) is 5.26 Å². The molecule has 1 aliphatic heterocycles. The number of nitriles is 1. The van der Waals surface area contributed by atoms with Crippen molar-refractivity contribution in [3.63, 3.8) is 0 Å². The highest BCUT2D eigenvalue weighted by Gasteiger charge is 2.23. The van der Waals surface area contributed by atoms with E-state index in [1.807, 2.05) is 30.3 Å². The number of hydrogen-bond donors (Lipinski definition) is 2. The van der Waals surface area contributed by atoms with Crippen molar-refractivity contribution in [3.8, 4) is 6.07 Å². The van der Waals surface area contributed by atoms with Crippen LogP contribution >= 0.6 is 0 Å². The molecule has 1 fully saturated rings. The van der Waals surface area contributed by atoms with Crippen molar-refractivity contribution in [1.82, 2.24) is 10.6 Å². The Bertz CT molecular complexity index is 746. The fraction of sp³-hybridized carbons (Fsp3) is 0.300. The highest BCUT2D eigenvalue weighted by molar-refractivity contribution is 5.80. The van der Waals surface area contributed by atoms with Crippen LogP contribution in [0.15, 0.2) is 59.6 Å². The molecule has 0 radical (unpaired) electrons. The maximum atomic E-state index is 8.85. The summed E-state index contributed by atoms with van der Waals surface area (Å²) in [7, 11) is 1.79. The molecular formula is C20H23N5. The van der Waals surface area contributed by atoms with Crippen LogP contribution in [0.1, 0.15) is 17.5 Å². The Hall–Kier alpha value is -3.00. The normalized spacial score (nSPS) is 17.2. The topological polar surface area (TPSA) is 63.5 Å². The van der Waals surface area contributed by atoms with E-state index in [9.17, 15) is 0 Å². The lowest BCUT2D eigenvalue weighted by molar-refractivity contribution is 0.648. The minimum absolute atomic E-state index is 0.382. The van der Waals surface area contributed by atoms with Gasteiger partial charge in [0, 0.05) is 38.4 Å². The van der Waals surface area contributed by atoms with Gasteiger partial charge in [-0.2, -0.15) is 5.26 Å². The molecule has 1 heterocycles.